The minimum absolute atomic E-state index is 0.0525. The molecule has 3 aromatic rings. The zero-order chi connectivity index (χ0) is 30.0. The summed E-state index contributed by atoms with van der Waals surface area (Å²) < 4.78 is 14.6. The number of benzene rings is 1. The van der Waals surface area contributed by atoms with Gasteiger partial charge >= 0.3 is 0 Å². The van der Waals surface area contributed by atoms with E-state index in [0.717, 1.165) is 64.9 Å². The number of anilines is 1. The second-order valence-corrected chi connectivity index (χ2v) is 20.6. The van der Waals surface area contributed by atoms with Crippen molar-refractivity contribution in [3.63, 3.8) is 0 Å². The summed E-state index contributed by atoms with van der Waals surface area (Å²) in [5.74, 6) is 1.94. The molecule has 1 saturated carbocycles. The van der Waals surface area contributed by atoms with Crippen LogP contribution in [0.2, 0.25) is 25.7 Å². The molecule has 3 aliphatic carbocycles. The largest absolute Gasteiger partial charge is 0.379 e. The number of amides is 1. The molecule has 7 rings (SSSR count). The summed E-state index contributed by atoms with van der Waals surface area (Å²) in [5.41, 5.74) is 6.45. The number of aromatic amines is 1. The summed E-state index contributed by atoms with van der Waals surface area (Å²) in [4.78, 5) is 26.0. The maximum absolute atomic E-state index is 13.5. The molecular formula is C31H45BrN6O3Si. The van der Waals surface area contributed by atoms with Crippen molar-refractivity contribution in [2.45, 2.75) is 78.0 Å². The molecule has 3 heterocycles. The summed E-state index contributed by atoms with van der Waals surface area (Å²) in [6, 6.07) is 4.94. The summed E-state index contributed by atoms with van der Waals surface area (Å²) in [7, 11) is 0.680. The lowest BCUT2D eigenvalue weighted by molar-refractivity contribution is -0.124. The van der Waals surface area contributed by atoms with E-state index in [2.05, 4.69) is 64.0 Å². The van der Waals surface area contributed by atoms with Gasteiger partial charge in [0.2, 0.25) is 5.91 Å². The Morgan fingerprint density at radius 1 is 1.31 bits per heavy atom. The highest BCUT2D eigenvalue weighted by Gasteiger charge is 2.55. The van der Waals surface area contributed by atoms with Crippen LogP contribution in [0.1, 0.15) is 44.4 Å². The van der Waals surface area contributed by atoms with Gasteiger partial charge in [-0.25, -0.2) is 9.67 Å². The SMILES string of the molecule is C[C@@H](C(=O)N(C)c1cc2nc(-c3nn(COCC[Si](C)(C)C)c4c3[C@H]3C[C@@](C)(C4)[C@H]3C)[nH]c2cc1Br)N1CCOCC1. The number of nitrogens with one attached hydrogen (secondary N) is 1. The number of H-pyrrole nitrogens is 1. The first-order chi connectivity index (χ1) is 19.9. The number of halogens is 1. The highest BCUT2D eigenvalue weighted by molar-refractivity contribution is 9.10. The normalized spacial score (nSPS) is 24.9. The second-order valence-electron chi connectivity index (χ2n) is 14.1. The first-order valence-corrected chi connectivity index (χ1v) is 19.8. The number of carbonyl (C=O) groups is 1. The van der Waals surface area contributed by atoms with E-state index in [1.54, 1.807) is 4.90 Å². The molecule has 0 spiro atoms. The van der Waals surface area contributed by atoms with Crippen molar-refractivity contribution in [2.24, 2.45) is 11.3 Å². The Morgan fingerprint density at radius 3 is 2.74 bits per heavy atom. The van der Waals surface area contributed by atoms with E-state index in [1.165, 1.54) is 17.7 Å². The molecule has 1 aromatic carbocycles. The van der Waals surface area contributed by atoms with Crippen LogP contribution in [0.5, 0.6) is 0 Å². The smallest absolute Gasteiger partial charge is 0.243 e. The summed E-state index contributed by atoms with van der Waals surface area (Å²) in [6.45, 7) is 18.0. The maximum Gasteiger partial charge on any atom is 0.243 e. The van der Waals surface area contributed by atoms with Crippen LogP contribution in [0.4, 0.5) is 5.69 Å². The number of carbonyl (C=O) groups excluding carboxylic acids is 1. The first kappa shape index (κ1) is 30.0. The molecule has 9 nitrogen and oxygen atoms in total. The van der Waals surface area contributed by atoms with Gasteiger partial charge in [-0.05, 0) is 71.1 Å². The van der Waals surface area contributed by atoms with Crippen LogP contribution in [0.15, 0.2) is 16.6 Å². The van der Waals surface area contributed by atoms with Gasteiger partial charge in [-0.3, -0.25) is 9.69 Å². The summed E-state index contributed by atoms with van der Waals surface area (Å²) in [6.07, 6.45) is 2.22. The molecule has 11 heteroatoms. The molecule has 1 amide bonds. The van der Waals surface area contributed by atoms with Gasteiger partial charge < -0.3 is 19.4 Å². The average Bonchev–Trinajstić information content (AvgIpc) is 3.53. The molecule has 2 fully saturated rings. The van der Waals surface area contributed by atoms with Gasteiger partial charge in [-0.1, -0.05) is 33.5 Å². The van der Waals surface area contributed by atoms with E-state index in [-0.39, 0.29) is 11.9 Å². The van der Waals surface area contributed by atoms with Crippen molar-refractivity contribution in [3.8, 4) is 11.5 Å². The third-order valence-electron chi connectivity index (χ3n) is 10.1. The third kappa shape index (κ3) is 5.40. The molecule has 4 atom stereocenters. The lowest BCUT2D eigenvalue weighted by atomic mass is 9.48. The molecule has 0 unspecified atom stereocenters. The van der Waals surface area contributed by atoms with E-state index < -0.39 is 8.07 Å². The van der Waals surface area contributed by atoms with Crippen LogP contribution in [0.25, 0.3) is 22.6 Å². The number of hydrogen-bond donors (Lipinski definition) is 1. The van der Waals surface area contributed by atoms with Crippen LogP contribution in [-0.2, 0) is 27.4 Å². The van der Waals surface area contributed by atoms with Crippen LogP contribution >= 0.6 is 15.9 Å². The zero-order valence-electron chi connectivity index (χ0n) is 26.1. The number of likely N-dealkylation sites (N-methyl/N-ethyl adjacent to an activating group) is 1. The molecule has 2 bridgehead atoms. The lowest BCUT2D eigenvalue weighted by Crippen LogP contribution is -2.50. The monoisotopic (exact) mass is 656 g/mol. The number of morpholine rings is 1. The number of rotatable bonds is 9. The van der Waals surface area contributed by atoms with Crippen molar-refractivity contribution in [3.05, 3.63) is 27.9 Å². The van der Waals surface area contributed by atoms with Gasteiger partial charge in [0.05, 0.1) is 36.0 Å². The van der Waals surface area contributed by atoms with Crippen LogP contribution in [0.3, 0.4) is 0 Å². The van der Waals surface area contributed by atoms with E-state index >= 15 is 0 Å². The predicted molar refractivity (Wildman–Crippen MR) is 173 cm³/mol. The number of ether oxygens (including phenoxy) is 2. The van der Waals surface area contributed by atoms with Crippen molar-refractivity contribution < 1.29 is 14.3 Å². The fourth-order valence-corrected chi connectivity index (χ4v) is 8.33. The van der Waals surface area contributed by atoms with Gasteiger partial charge in [0.1, 0.15) is 12.4 Å². The van der Waals surface area contributed by atoms with Gasteiger partial charge in [0.15, 0.2) is 5.82 Å². The average molecular weight is 658 g/mol. The Morgan fingerprint density at radius 2 is 2.05 bits per heavy atom. The van der Waals surface area contributed by atoms with Gasteiger partial charge in [-0.2, -0.15) is 5.10 Å². The van der Waals surface area contributed by atoms with Crippen molar-refractivity contribution in [1.29, 1.82) is 0 Å². The van der Waals surface area contributed by atoms with E-state index in [1.807, 2.05) is 26.1 Å². The quantitative estimate of drug-likeness (QED) is 0.229. The van der Waals surface area contributed by atoms with Crippen LogP contribution < -0.4 is 4.90 Å². The first-order valence-electron chi connectivity index (χ1n) is 15.3. The van der Waals surface area contributed by atoms with Gasteiger partial charge in [0.25, 0.3) is 0 Å². The Bertz CT molecular complexity index is 1490. The Labute approximate surface area is 258 Å². The fraction of sp³-hybridized carbons (Fsp3) is 0.645. The Hall–Kier alpha value is -2.05. The molecule has 1 saturated heterocycles. The second kappa shape index (κ2) is 11.1. The third-order valence-corrected chi connectivity index (χ3v) is 12.4. The lowest BCUT2D eigenvalue weighted by Gasteiger charge is -2.56. The fourth-order valence-electron chi connectivity index (χ4n) is 6.96. The Balaban J connectivity index is 1.30. The van der Waals surface area contributed by atoms with Gasteiger partial charge in [0, 0.05) is 50.5 Å². The van der Waals surface area contributed by atoms with E-state index in [9.17, 15) is 4.79 Å². The van der Waals surface area contributed by atoms with Crippen molar-refractivity contribution >= 4 is 46.6 Å². The highest BCUT2D eigenvalue weighted by atomic mass is 79.9. The molecule has 1 aliphatic heterocycles. The topological polar surface area (TPSA) is 88.5 Å². The van der Waals surface area contributed by atoms with Crippen molar-refractivity contribution in [1.82, 2.24) is 24.6 Å². The van der Waals surface area contributed by atoms with Crippen LogP contribution in [0, 0.1) is 11.3 Å². The number of hydrogen-bond acceptors (Lipinski definition) is 6. The van der Waals surface area contributed by atoms with E-state index in [4.69, 9.17) is 19.6 Å². The summed E-state index contributed by atoms with van der Waals surface area (Å²) >= 11 is 3.73. The highest BCUT2D eigenvalue weighted by Crippen LogP contribution is 2.63. The molecule has 2 aromatic heterocycles. The standard InChI is InChI=1S/C31H45BrN6O3Si/c1-19-21-16-31(19,3)17-26-27(21)28(35-38(26)18-41-12-13-42(5,6)7)29-33-23-14-22(32)25(15-24(23)34-29)36(4)30(39)20(2)37-8-10-40-11-9-37/h14-15,19-21H,8-13,16-18H2,1-7H3,(H,33,34)/t19-,20-,21-,31-/m0/s1. The minimum Gasteiger partial charge on any atom is -0.379 e. The minimum atomic E-state index is -1.16. The van der Waals surface area contributed by atoms with Crippen molar-refractivity contribution in [2.75, 3.05) is 44.9 Å². The predicted octanol–water partition coefficient (Wildman–Crippen LogP) is 5.87. The molecule has 4 aliphatic rings. The molecular weight excluding hydrogens is 612 g/mol. The Kier molecular flexibility index (Phi) is 7.96. The number of imidazole rings is 1. The number of fused-ring (bicyclic) bond motifs is 1. The van der Waals surface area contributed by atoms with E-state index in [0.29, 0.717) is 37.2 Å². The maximum atomic E-state index is 13.5. The molecule has 228 valence electrons. The molecule has 42 heavy (non-hydrogen) atoms. The molecule has 1 N–H and O–H groups in total. The summed E-state index contributed by atoms with van der Waals surface area (Å²) in [5, 5.41) is 5.13. The van der Waals surface area contributed by atoms with Crippen LogP contribution in [-0.4, -0.2) is 84.6 Å². The van der Waals surface area contributed by atoms with Gasteiger partial charge in [-0.15, -0.1) is 0 Å². The molecule has 0 radical (unpaired) electrons. The number of aromatic nitrogens is 4. The number of nitrogens with zero attached hydrogens (tertiary/aromatic N) is 5. The zero-order valence-corrected chi connectivity index (χ0v) is 28.7.